The summed E-state index contributed by atoms with van der Waals surface area (Å²) >= 11 is 0. The average molecular weight is 192 g/mol. The summed E-state index contributed by atoms with van der Waals surface area (Å²) < 4.78 is 17.3. The van der Waals surface area contributed by atoms with Crippen molar-refractivity contribution in [1.82, 2.24) is 0 Å². The number of ether oxygens (including phenoxy) is 1. The molecule has 0 N–H and O–H groups in total. The minimum atomic E-state index is -0.269. The van der Waals surface area contributed by atoms with Gasteiger partial charge in [-0.3, -0.25) is 0 Å². The van der Waals surface area contributed by atoms with Gasteiger partial charge in [0.15, 0.2) is 0 Å². The molecule has 1 heterocycles. The zero-order valence-corrected chi connectivity index (χ0v) is 7.50. The van der Waals surface area contributed by atoms with Crippen LogP contribution in [0.1, 0.15) is 5.56 Å². The van der Waals surface area contributed by atoms with E-state index in [9.17, 15) is 9.18 Å². The Labute approximate surface area is 81.0 Å². The first-order valence-corrected chi connectivity index (χ1v) is 4.36. The molecule has 14 heavy (non-hydrogen) atoms. The topological polar surface area (TPSA) is 26.3 Å². The number of hydrogen-bond acceptors (Lipinski definition) is 2. The van der Waals surface area contributed by atoms with Crippen LogP contribution < -0.4 is 0 Å². The lowest BCUT2D eigenvalue weighted by atomic mass is 10.1. The molecule has 0 fully saturated rings. The molecule has 2 rings (SSSR count). The van der Waals surface area contributed by atoms with E-state index in [1.165, 1.54) is 12.1 Å². The normalized spacial score (nSPS) is 15.2. The number of carbonyl (C=O) groups excluding carboxylic acids is 1. The summed E-state index contributed by atoms with van der Waals surface area (Å²) in [4.78, 5) is 11.1. The van der Waals surface area contributed by atoms with Crippen LogP contribution in [0, 0.1) is 5.82 Å². The van der Waals surface area contributed by atoms with Crippen LogP contribution in [0.15, 0.2) is 35.9 Å². The molecule has 0 unspecified atom stereocenters. The summed E-state index contributed by atoms with van der Waals surface area (Å²) in [6, 6.07) is 6.11. The third-order valence-electron chi connectivity index (χ3n) is 2.11. The summed E-state index contributed by atoms with van der Waals surface area (Å²) in [5.41, 5.74) is 1.56. The Hall–Kier alpha value is -1.64. The molecule has 0 aromatic heterocycles. The van der Waals surface area contributed by atoms with Crippen LogP contribution in [0.25, 0.3) is 0 Å². The number of rotatable bonds is 2. The van der Waals surface area contributed by atoms with E-state index < -0.39 is 0 Å². The van der Waals surface area contributed by atoms with Gasteiger partial charge in [-0.2, -0.15) is 0 Å². The van der Waals surface area contributed by atoms with Gasteiger partial charge in [0.1, 0.15) is 12.4 Å². The number of hydrogen-bond donors (Lipinski definition) is 0. The second-order valence-electron chi connectivity index (χ2n) is 3.13. The monoisotopic (exact) mass is 192 g/mol. The van der Waals surface area contributed by atoms with Gasteiger partial charge in [-0.05, 0) is 23.8 Å². The Bertz CT molecular complexity index is 379. The molecule has 2 nitrogen and oxygen atoms in total. The van der Waals surface area contributed by atoms with Gasteiger partial charge in [-0.1, -0.05) is 12.1 Å². The first-order valence-electron chi connectivity index (χ1n) is 4.36. The number of halogens is 1. The van der Waals surface area contributed by atoms with Crippen LogP contribution >= 0.6 is 0 Å². The molecular weight excluding hydrogens is 183 g/mol. The van der Waals surface area contributed by atoms with E-state index >= 15 is 0 Å². The summed E-state index contributed by atoms with van der Waals surface area (Å²) in [5.74, 6) is -0.536. The van der Waals surface area contributed by atoms with Gasteiger partial charge in [-0.15, -0.1) is 0 Å². The van der Waals surface area contributed by atoms with Gasteiger partial charge in [0, 0.05) is 12.0 Å². The Morgan fingerprint density at radius 3 is 2.57 bits per heavy atom. The molecule has 0 saturated carbocycles. The minimum Gasteiger partial charge on any atom is -0.458 e. The molecule has 0 atom stereocenters. The first kappa shape index (κ1) is 8.94. The van der Waals surface area contributed by atoms with Crippen LogP contribution in [0.4, 0.5) is 4.39 Å². The van der Waals surface area contributed by atoms with Crippen molar-refractivity contribution < 1.29 is 13.9 Å². The second kappa shape index (κ2) is 3.62. The van der Waals surface area contributed by atoms with Gasteiger partial charge in [0.2, 0.25) is 0 Å². The predicted octanol–water partition coefficient (Wildman–Crippen LogP) is 1.85. The second-order valence-corrected chi connectivity index (χ2v) is 3.13. The van der Waals surface area contributed by atoms with Crippen LogP contribution in [-0.2, 0) is 16.0 Å². The smallest absolute Gasteiger partial charge is 0.334 e. The van der Waals surface area contributed by atoms with E-state index in [-0.39, 0.29) is 11.8 Å². The standard InChI is InChI=1S/C11H9FO2/c12-10-3-1-8(2-4-10)7-9-5-6-14-11(9)13/h1-5H,6-7H2. The van der Waals surface area contributed by atoms with E-state index in [0.29, 0.717) is 18.6 Å². The fourth-order valence-electron chi connectivity index (χ4n) is 1.36. The fraction of sp³-hybridized carbons (Fsp3) is 0.182. The van der Waals surface area contributed by atoms with Crippen molar-refractivity contribution in [3.05, 3.63) is 47.3 Å². The Morgan fingerprint density at radius 1 is 1.29 bits per heavy atom. The van der Waals surface area contributed by atoms with Crippen LogP contribution in [0.2, 0.25) is 0 Å². The summed E-state index contributed by atoms with van der Waals surface area (Å²) in [6.45, 7) is 0.357. The fourth-order valence-corrected chi connectivity index (χ4v) is 1.36. The third-order valence-corrected chi connectivity index (χ3v) is 2.11. The van der Waals surface area contributed by atoms with Gasteiger partial charge >= 0.3 is 5.97 Å². The molecule has 0 spiro atoms. The van der Waals surface area contributed by atoms with Gasteiger partial charge < -0.3 is 4.74 Å². The van der Waals surface area contributed by atoms with E-state index in [0.717, 1.165) is 5.56 Å². The van der Waals surface area contributed by atoms with Crippen LogP contribution in [-0.4, -0.2) is 12.6 Å². The highest BCUT2D eigenvalue weighted by Crippen LogP contribution is 2.14. The van der Waals surface area contributed by atoms with E-state index in [1.54, 1.807) is 18.2 Å². The zero-order valence-electron chi connectivity index (χ0n) is 7.50. The molecule has 1 aliphatic heterocycles. The van der Waals surface area contributed by atoms with Crippen LogP contribution in [0.3, 0.4) is 0 Å². The maximum absolute atomic E-state index is 12.6. The zero-order chi connectivity index (χ0) is 9.97. The molecule has 1 aromatic rings. The summed E-state index contributed by atoms with van der Waals surface area (Å²) in [6.07, 6.45) is 2.27. The Balaban J connectivity index is 2.11. The average Bonchev–Trinajstić information content (AvgIpc) is 2.56. The van der Waals surface area contributed by atoms with E-state index in [4.69, 9.17) is 4.74 Å². The maximum Gasteiger partial charge on any atom is 0.334 e. The van der Waals surface area contributed by atoms with Gasteiger partial charge in [-0.25, -0.2) is 9.18 Å². The van der Waals surface area contributed by atoms with Crippen molar-refractivity contribution in [3.8, 4) is 0 Å². The molecular formula is C11H9FO2. The highest BCUT2D eigenvalue weighted by Gasteiger charge is 2.16. The Kier molecular flexibility index (Phi) is 2.31. The number of benzene rings is 1. The summed E-state index contributed by atoms with van der Waals surface area (Å²) in [5, 5.41) is 0. The van der Waals surface area contributed by atoms with Crippen molar-refractivity contribution in [1.29, 1.82) is 0 Å². The van der Waals surface area contributed by atoms with Crippen LogP contribution in [0.5, 0.6) is 0 Å². The van der Waals surface area contributed by atoms with Crippen molar-refractivity contribution in [2.24, 2.45) is 0 Å². The lowest BCUT2D eigenvalue weighted by Crippen LogP contribution is -2.01. The highest BCUT2D eigenvalue weighted by atomic mass is 19.1. The molecule has 1 aliphatic rings. The molecule has 0 bridgehead atoms. The van der Waals surface area contributed by atoms with E-state index in [2.05, 4.69) is 0 Å². The third kappa shape index (κ3) is 1.82. The van der Waals surface area contributed by atoms with Gasteiger partial charge in [0.25, 0.3) is 0 Å². The van der Waals surface area contributed by atoms with E-state index in [1.807, 2.05) is 0 Å². The lowest BCUT2D eigenvalue weighted by molar-refractivity contribution is -0.136. The summed E-state index contributed by atoms with van der Waals surface area (Å²) in [7, 11) is 0. The highest BCUT2D eigenvalue weighted by molar-refractivity contribution is 5.90. The van der Waals surface area contributed by atoms with Crippen molar-refractivity contribution in [2.45, 2.75) is 6.42 Å². The predicted molar refractivity (Wildman–Crippen MR) is 49.1 cm³/mol. The minimum absolute atomic E-state index is 0.267. The molecule has 0 amide bonds. The molecule has 1 aromatic carbocycles. The number of cyclic esters (lactones) is 1. The molecule has 0 aliphatic carbocycles. The first-order chi connectivity index (χ1) is 6.75. The largest absolute Gasteiger partial charge is 0.458 e. The molecule has 0 radical (unpaired) electrons. The quantitative estimate of drug-likeness (QED) is 0.668. The molecule has 0 saturated heterocycles. The Morgan fingerprint density at radius 2 is 2.00 bits per heavy atom. The van der Waals surface area contributed by atoms with Gasteiger partial charge in [0.05, 0.1) is 0 Å². The van der Waals surface area contributed by atoms with Crippen molar-refractivity contribution in [2.75, 3.05) is 6.61 Å². The number of esters is 1. The number of carbonyl (C=O) groups is 1. The van der Waals surface area contributed by atoms with Crippen molar-refractivity contribution in [3.63, 3.8) is 0 Å². The SMILES string of the molecule is O=C1OCC=C1Cc1ccc(F)cc1. The lowest BCUT2D eigenvalue weighted by Gasteiger charge is -1.99. The maximum atomic E-state index is 12.6. The van der Waals surface area contributed by atoms with Crippen molar-refractivity contribution >= 4 is 5.97 Å². The molecule has 3 heteroatoms. The molecule has 72 valence electrons.